The number of benzene rings is 1. The maximum Gasteiger partial charge on any atom is 0.195 e. The standard InChI is InChI=1S/C11H13N3O2/c1-15-6-2-3-7-8-5-10(14-11(12)13-8)16-9(7)4-6/h2-4,8,10H,5H2,1H3,(H3,12,13,14). The van der Waals surface area contributed by atoms with E-state index in [4.69, 9.17) is 15.2 Å². The highest BCUT2D eigenvalue weighted by atomic mass is 16.5. The van der Waals surface area contributed by atoms with Crippen LogP contribution in [0.1, 0.15) is 18.0 Å². The molecule has 2 aliphatic heterocycles. The van der Waals surface area contributed by atoms with Crippen LogP contribution in [0.15, 0.2) is 23.2 Å². The molecule has 0 radical (unpaired) electrons. The van der Waals surface area contributed by atoms with Gasteiger partial charge in [0, 0.05) is 18.1 Å². The molecular formula is C11H13N3O2. The summed E-state index contributed by atoms with van der Waals surface area (Å²) in [7, 11) is 1.64. The highest BCUT2D eigenvalue weighted by molar-refractivity contribution is 5.79. The lowest BCUT2D eigenvalue weighted by atomic mass is 9.98. The number of hydrogen-bond donors (Lipinski definition) is 2. The van der Waals surface area contributed by atoms with Gasteiger partial charge >= 0.3 is 0 Å². The third-order valence-electron chi connectivity index (χ3n) is 2.90. The summed E-state index contributed by atoms with van der Waals surface area (Å²) in [5.74, 6) is 2.06. The second-order valence-corrected chi connectivity index (χ2v) is 3.92. The number of hydrogen-bond acceptors (Lipinski definition) is 5. The van der Waals surface area contributed by atoms with Gasteiger partial charge in [-0.25, -0.2) is 4.99 Å². The molecule has 0 aliphatic carbocycles. The predicted molar refractivity (Wildman–Crippen MR) is 59.5 cm³/mol. The summed E-state index contributed by atoms with van der Waals surface area (Å²) in [6.45, 7) is 0. The summed E-state index contributed by atoms with van der Waals surface area (Å²) in [6.07, 6.45) is 0.644. The number of nitrogens with one attached hydrogen (secondary N) is 1. The van der Waals surface area contributed by atoms with Crippen LogP contribution in [0, 0.1) is 0 Å². The summed E-state index contributed by atoms with van der Waals surface area (Å²) in [6, 6.07) is 6.00. The zero-order valence-corrected chi connectivity index (χ0v) is 8.93. The van der Waals surface area contributed by atoms with Crippen LogP contribution < -0.4 is 20.5 Å². The molecule has 0 saturated carbocycles. The monoisotopic (exact) mass is 219 g/mol. The number of nitrogens with zero attached hydrogens (tertiary/aromatic N) is 1. The van der Waals surface area contributed by atoms with E-state index in [0.29, 0.717) is 5.96 Å². The number of aliphatic imine (C=N–C) groups is 1. The maximum atomic E-state index is 5.73. The zero-order valence-electron chi connectivity index (χ0n) is 8.93. The molecule has 3 N–H and O–H groups in total. The first-order valence-electron chi connectivity index (χ1n) is 5.20. The normalized spacial score (nSPS) is 25.9. The number of fused-ring (bicyclic) bond motifs is 4. The molecule has 2 unspecified atom stereocenters. The van der Waals surface area contributed by atoms with Gasteiger partial charge in [-0.1, -0.05) is 0 Å². The molecule has 2 aliphatic rings. The van der Waals surface area contributed by atoms with Crippen LogP contribution in [0.2, 0.25) is 0 Å². The molecule has 2 heterocycles. The molecule has 3 rings (SSSR count). The van der Waals surface area contributed by atoms with E-state index in [1.54, 1.807) is 7.11 Å². The smallest absolute Gasteiger partial charge is 0.195 e. The Morgan fingerprint density at radius 3 is 3.25 bits per heavy atom. The minimum Gasteiger partial charge on any atom is -0.497 e. The first kappa shape index (κ1) is 9.33. The first-order valence-corrected chi connectivity index (χ1v) is 5.20. The first-order chi connectivity index (χ1) is 7.76. The van der Waals surface area contributed by atoms with Gasteiger partial charge in [0.15, 0.2) is 12.2 Å². The highest BCUT2D eigenvalue weighted by Gasteiger charge is 2.32. The molecule has 2 atom stereocenters. The quantitative estimate of drug-likeness (QED) is 0.731. The van der Waals surface area contributed by atoms with E-state index in [0.717, 1.165) is 23.5 Å². The van der Waals surface area contributed by atoms with Crippen molar-refractivity contribution in [3.05, 3.63) is 23.8 Å². The molecule has 1 aromatic carbocycles. The number of rotatable bonds is 1. The number of nitrogens with two attached hydrogens (primary N) is 1. The van der Waals surface area contributed by atoms with Crippen LogP contribution in [-0.2, 0) is 0 Å². The largest absolute Gasteiger partial charge is 0.497 e. The summed E-state index contributed by atoms with van der Waals surface area (Å²) in [5, 5.41) is 3.15. The van der Waals surface area contributed by atoms with Crippen molar-refractivity contribution in [2.24, 2.45) is 10.7 Å². The van der Waals surface area contributed by atoms with Gasteiger partial charge in [-0.3, -0.25) is 0 Å². The topological polar surface area (TPSA) is 68.9 Å². The molecule has 5 nitrogen and oxygen atoms in total. The molecule has 0 spiro atoms. The van der Waals surface area contributed by atoms with Crippen LogP contribution in [0.5, 0.6) is 11.5 Å². The van der Waals surface area contributed by atoms with Crippen molar-refractivity contribution in [3.8, 4) is 11.5 Å². The minimum absolute atomic E-state index is 0.175. The summed E-state index contributed by atoms with van der Waals surface area (Å²) in [5.41, 5.74) is 6.78. The van der Waals surface area contributed by atoms with Gasteiger partial charge in [-0.05, 0) is 12.1 Å². The van der Waals surface area contributed by atoms with Crippen molar-refractivity contribution >= 4 is 5.96 Å². The van der Waals surface area contributed by atoms with E-state index in [1.165, 1.54) is 0 Å². The Hall–Kier alpha value is -1.91. The Morgan fingerprint density at radius 2 is 2.44 bits per heavy atom. The van der Waals surface area contributed by atoms with Crippen molar-refractivity contribution < 1.29 is 9.47 Å². The third-order valence-corrected chi connectivity index (χ3v) is 2.90. The van der Waals surface area contributed by atoms with E-state index < -0.39 is 0 Å². The second kappa shape index (κ2) is 3.30. The Balaban J connectivity index is 2.02. The van der Waals surface area contributed by atoms with E-state index >= 15 is 0 Å². The van der Waals surface area contributed by atoms with Crippen LogP contribution in [0.25, 0.3) is 0 Å². The summed E-state index contributed by atoms with van der Waals surface area (Å²) < 4.78 is 10.9. The van der Waals surface area contributed by atoms with Gasteiger partial charge in [-0.15, -0.1) is 0 Å². The van der Waals surface area contributed by atoms with Crippen molar-refractivity contribution in [3.63, 3.8) is 0 Å². The zero-order chi connectivity index (χ0) is 11.1. The van der Waals surface area contributed by atoms with Crippen molar-refractivity contribution in [1.29, 1.82) is 0 Å². The predicted octanol–water partition coefficient (Wildman–Crippen LogP) is 0.763. The molecule has 5 heteroatoms. The van der Waals surface area contributed by atoms with E-state index in [2.05, 4.69) is 10.3 Å². The summed E-state index contributed by atoms with van der Waals surface area (Å²) in [4.78, 5) is 4.18. The maximum absolute atomic E-state index is 5.73. The molecule has 0 saturated heterocycles. The molecular weight excluding hydrogens is 206 g/mol. The Morgan fingerprint density at radius 1 is 1.56 bits per heavy atom. The average Bonchev–Trinajstić information content (AvgIpc) is 2.27. The van der Waals surface area contributed by atoms with Crippen molar-refractivity contribution in [1.82, 2.24) is 5.32 Å². The fraction of sp³-hybridized carbons (Fsp3) is 0.364. The van der Waals surface area contributed by atoms with E-state index in [1.807, 2.05) is 18.2 Å². The van der Waals surface area contributed by atoms with Crippen LogP contribution in [0.4, 0.5) is 0 Å². The van der Waals surface area contributed by atoms with Gasteiger partial charge in [0.2, 0.25) is 0 Å². The lowest BCUT2D eigenvalue weighted by Crippen LogP contribution is -2.45. The van der Waals surface area contributed by atoms with E-state index in [9.17, 15) is 0 Å². The third kappa shape index (κ3) is 1.36. The molecule has 0 amide bonds. The van der Waals surface area contributed by atoms with Gasteiger partial charge in [0.25, 0.3) is 0 Å². The van der Waals surface area contributed by atoms with Gasteiger partial charge in [-0.2, -0.15) is 0 Å². The van der Waals surface area contributed by atoms with Gasteiger partial charge in [0.1, 0.15) is 11.5 Å². The Kier molecular flexibility index (Phi) is 1.92. The molecule has 0 fully saturated rings. The van der Waals surface area contributed by atoms with Crippen LogP contribution in [-0.4, -0.2) is 19.3 Å². The van der Waals surface area contributed by atoms with Crippen LogP contribution in [0.3, 0.4) is 0 Å². The second-order valence-electron chi connectivity index (χ2n) is 3.92. The number of ether oxygens (including phenoxy) is 2. The Bertz CT molecular complexity index is 459. The number of methoxy groups -OCH3 is 1. The average molecular weight is 219 g/mol. The summed E-state index contributed by atoms with van der Waals surface area (Å²) >= 11 is 0. The SMILES string of the molecule is COc1ccc2c(c1)OC1CC2NC(N)=N1. The molecule has 0 aromatic heterocycles. The molecule has 84 valence electrons. The van der Waals surface area contributed by atoms with Gasteiger partial charge < -0.3 is 20.5 Å². The fourth-order valence-corrected chi connectivity index (χ4v) is 2.14. The molecule has 2 bridgehead atoms. The van der Waals surface area contributed by atoms with Crippen LogP contribution >= 0.6 is 0 Å². The van der Waals surface area contributed by atoms with Crippen molar-refractivity contribution in [2.75, 3.05) is 7.11 Å². The molecule has 16 heavy (non-hydrogen) atoms. The fourth-order valence-electron chi connectivity index (χ4n) is 2.14. The van der Waals surface area contributed by atoms with Crippen molar-refractivity contribution in [2.45, 2.75) is 18.7 Å². The Labute approximate surface area is 93.3 Å². The molecule has 1 aromatic rings. The minimum atomic E-state index is -0.175. The highest BCUT2D eigenvalue weighted by Crippen LogP contribution is 2.38. The lowest BCUT2D eigenvalue weighted by molar-refractivity contribution is 0.153. The number of guanidine groups is 1. The van der Waals surface area contributed by atoms with Gasteiger partial charge in [0.05, 0.1) is 13.2 Å². The van der Waals surface area contributed by atoms with E-state index in [-0.39, 0.29) is 12.3 Å². The lowest BCUT2D eigenvalue weighted by Gasteiger charge is -2.34.